The number of H-pyrrole nitrogens is 1. The number of hydrogen-bond donors (Lipinski definition) is 3. The topological polar surface area (TPSA) is 187 Å². The van der Waals surface area contributed by atoms with Crippen molar-refractivity contribution in [3.8, 4) is 0 Å². The van der Waals surface area contributed by atoms with Crippen molar-refractivity contribution < 1.29 is 18.1 Å². The molecule has 2 aromatic carbocycles. The maximum atomic E-state index is 12.2. The van der Waals surface area contributed by atoms with Gasteiger partial charge in [0.2, 0.25) is 0 Å². The number of nitro benzene ring substituents is 1. The summed E-state index contributed by atoms with van der Waals surface area (Å²) in [4.78, 5) is 33.1. The first-order valence-electron chi connectivity index (χ1n) is 8.28. The molecule has 164 valence electrons. The Morgan fingerprint density at radius 2 is 1.97 bits per heavy atom. The molecule has 0 spiro atoms. The molecule has 5 N–H and O–H groups in total. The van der Waals surface area contributed by atoms with Crippen LogP contribution in [0.15, 0.2) is 51.4 Å². The summed E-state index contributed by atoms with van der Waals surface area (Å²) in [6.45, 7) is 0. The van der Waals surface area contributed by atoms with Gasteiger partial charge in [-0.05, 0) is 23.8 Å². The quantitative estimate of drug-likeness (QED) is 0.154. The fourth-order valence-corrected chi connectivity index (χ4v) is 4.57. The van der Waals surface area contributed by atoms with Gasteiger partial charge in [0.25, 0.3) is 11.6 Å². The lowest BCUT2D eigenvalue weighted by atomic mass is 10.1. The average molecular weight is 485 g/mol. The van der Waals surface area contributed by atoms with Crippen molar-refractivity contribution in [1.82, 2.24) is 9.97 Å². The van der Waals surface area contributed by atoms with Crippen molar-refractivity contribution in [3.05, 3.63) is 57.6 Å². The molecule has 31 heavy (non-hydrogen) atoms. The van der Waals surface area contributed by atoms with Crippen LogP contribution in [0.4, 0.5) is 5.69 Å². The lowest BCUT2D eigenvalue weighted by Gasteiger charge is -2.08. The van der Waals surface area contributed by atoms with Crippen LogP contribution < -0.4 is 11.5 Å². The van der Waals surface area contributed by atoms with Gasteiger partial charge in [0, 0.05) is 29.7 Å². The number of aromatic amines is 1. The van der Waals surface area contributed by atoms with E-state index in [0.717, 1.165) is 6.26 Å². The van der Waals surface area contributed by atoms with E-state index in [1.54, 1.807) is 0 Å². The first-order valence-corrected chi connectivity index (χ1v) is 11.2. The van der Waals surface area contributed by atoms with Gasteiger partial charge >= 0.3 is 0 Å². The average Bonchev–Trinajstić information content (AvgIpc) is 3.07. The summed E-state index contributed by atoms with van der Waals surface area (Å²) in [5.41, 5.74) is 11.8. The van der Waals surface area contributed by atoms with Gasteiger partial charge in [-0.3, -0.25) is 14.9 Å². The Labute approximate surface area is 186 Å². The number of nitrogens with one attached hydrogen (secondary N) is 1. The van der Waals surface area contributed by atoms with Gasteiger partial charge in [0.1, 0.15) is 0 Å². The van der Waals surface area contributed by atoms with Crippen LogP contribution in [-0.2, 0) is 15.6 Å². The van der Waals surface area contributed by atoms with Crippen LogP contribution in [0.25, 0.3) is 11.0 Å². The lowest BCUT2D eigenvalue weighted by molar-refractivity contribution is -0.384. The number of thioether (sulfide) groups is 1. The second-order valence-electron chi connectivity index (χ2n) is 6.23. The van der Waals surface area contributed by atoms with Crippen molar-refractivity contribution in [2.75, 3.05) is 6.26 Å². The van der Waals surface area contributed by atoms with E-state index in [9.17, 15) is 23.3 Å². The highest BCUT2D eigenvalue weighted by atomic mass is 35.5. The molecule has 3 aromatic rings. The third kappa shape index (κ3) is 5.71. The van der Waals surface area contributed by atoms with Crippen LogP contribution in [0.2, 0.25) is 0 Å². The fourth-order valence-electron chi connectivity index (χ4n) is 2.64. The second-order valence-corrected chi connectivity index (χ2v) is 9.17. The van der Waals surface area contributed by atoms with E-state index < -0.39 is 26.6 Å². The van der Waals surface area contributed by atoms with Gasteiger partial charge in [-0.1, -0.05) is 17.8 Å². The first kappa shape index (κ1) is 24.1. The SMILES string of the molecule is CS(=O)(=O)c1cc(C(=O)N=C(N)N)ccc1CSc1nc2ccc([N+](=O)[O-])cc2[nH]1.Cl. The van der Waals surface area contributed by atoms with Gasteiger partial charge in [-0.25, -0.2) is 13.4 Å². The number of imidazole rings is 1. The van der Waals surface area contributed by atoms with E-state index in [4.69, 9.17) is 11.5 Å². The number of carbonyl (C=O) groups excluding carboxylic acids is 1. The van der Waals surface area contributed by atoms with Crippen LogP contribution in [0.1, 0.15) is 15.9 Å². The van der Waals surface area contributed by atoms with Gasteiger partial charge in [-0.15, -0.1) is 12.4 Å². The van der Waals surface area contributed by atoms with Crippen molar-refractivity contribution in [2.24, 2.45) is 16.5 Å². The third-order valence-electron chi connectivity index (χ3n) is 3.96. The Bertz CT molecular complexity index is 1300. The number of nitro groups is 1. The Balaban J connectivity index is 0.00000341. The zero-order chi connectivity index (χ0) is 22.1. The maximum Gasteiger partial charge on any atom is 0.280 e. The molecule has 3 rings (SSSR count). The summed E-state index contributed by atoms with van der Waals surface area (Å²) >= 11 is 1.22. The number of carbonyl (C=O) groups is 1. The molecule has 0 aliphatic rings. The number of nitrogens with two attached hydrogens (primary N) is 2. The molecule has 0 bridgehead atoms. The van der Waals surface area contributed by atoms with Crippen LogP contribution in [-0.4, -0.2) is 41.4 Å². The highest BCUT2D eigenvalue weighted by Crippen LogP contribution is 2.28. The minimum atomic E-state index is -3.64. The van der Waals surface area contributed by atoms with Crippen molar-refractivity contribution in [1.29, 1.82) is 0 Å². The molecule has 1 heterocycles. The molecule has 0 aliphatic heterocycles. The molecule has 0 radical (unpaired) electrons. The van der Waals surface area contributed by atoms with Gasteiger partial charge in [-0.2, -0.15) is 4.99 Å². The molecule has 0 saturated carbocycles. The van der Waals surface area contributed by atoms with Crippen molar-refractivity contribution in [2.45, 2.75) is 15.8 Å². The van der Waals surface area contributed by atoms with Gasteiger partial charge in [0.05, 0.1) is 20.9 Å². The number of halogens is 1. The Morgan fingerprint density at radius 1 is 1.26 bits per heavy atom. The van der Waals surface area contributed by atoms with E-state index in [-0.39, 0.29) is 34.3 Å². The number of nitrogens with zero attached hydrogens (tertiary/aromatic N) is 3. The van der Waals surface area contributed by atoms with E-state index in [0.29, 0.717) is 21.8 Å². The van der Waals surface area contributed by atoms with Gasteiger partial charge in [0.15, 0.2) is 21.0 Å². The van der Waals surface area contributed by atoms with Crippen LogP contribution in [0.3, 0.4) is 0 Å². The first-order chi connectivity index (χ1) is 14.0. The minimum Gasteiger partial charge on any atom is -0.370 e. The number of rotatable bonds is 6. The summed E-state index contributed by atoms with van der Waals surface area (Å²) in [5, 5.41) is 11.4. The van der Waals surface area contributed by atoms with Crippen LogP contribution in [0, 0.1) is 10.1 Å². The van der Waals surface area contributed by atoms with Gasteiger partial charge < -0.3 is 16.5 Å². The normalized spacial score (nSPS) is 11.0. The highest BCUT2D eigenvalue weighted by Gasteiger charge is 2.18. The molecule has 0 aliphatic carbocycles. The predicted octanol–water partition coefficient (Wildman–Crippen LogP) is 2.00. The van der Waals surface area contributed by atoms with E-state index >= 15 is 0 Å². The predicted molar refractivity (Wildman–Crippen MR) is 119 cm³/mol. The standard InChI is InChI=1S/C17H16N6O5S2.ClH/c1-30(27,28)14-6-9(15(24)22-16(18)19)2-3-10(14)8-29-17-20-12-5-4-11(23(25)26)7-13(12)21-17;/h2-7H,8H2,1H3,(H,20,21)(H4,18,19,22,24);1H. The maximum absolute atomic E-state index is 12.2. The molecule has 1 aromatic heterocycles. The van der Waals surface area contributed by atoms with Crippen LogP contribution in [0.5, 0.6) is 0 Å². The Kier molecular flexibility index (Phi) is 7.25. The molecule has 0 fully saturated rings. The largest absolute Gasteiger partial charge is 0.370 e. The summed E-state index contributed by atoms with van der Waals surface area (Å²) in [5.74, 6) is -0.954. The number of amides is 1. The number of guanidine groups is 1. The monoisotopic (exact) mass is 484 g/mol. The number of aromatic nitrogens is 2. The number of hydrogen-bond acceptors (Lipinski definition) is 7. The fraction of sp³-hybridized carbons (Fsp3) is 0.118. The van der Waals surface area contributed by atoms with Crippen molar-refractivity contribution in [3.63, 3.8) is 0 Å². The summed E-state index contributed by atoms with van der Waals surface area (Å²) in [6, 6.07) is 8.42. The molecular weight excluding hydrogens is 468 g/mol. The zero-order valence-corrected chi connectivity index (χ0v) is 18.4. The van der Waals surface area contributed by atoms with E-state index in [1.165, 1.54) is 48.2 Å². The number of aliphatic imine (C=N–C) groups is 1. The second kappa shape index (κ2) is 9.32. The third-order valence-corrected chi connectivity index (χ3v) is 6.06. The molecule has 0 unspecified atom stereocenters. The molecule has 14 heteroatoms. The molecule has 11 nitrogen and oxygen atoms in total. The summed E-state index contributed by atoms with van der Waals surface area (Å²) < 4.78 is 24.4. The number of fused-ring (bicyclic) bond motifs is 1. The van der Waals surface area contributed by atoms with E-state index in [2.05, 4.69) is 15.0 Å². The minimum absolute atomic E-state index is 0. The Morgan fingerprint density at radius 3 is 2.58 bits per heavy atom. The number of non-ortho nitro benzene ring substituents is 1. The molecule has 0 atom stereocenters. The molecule has 1 amide bonds. The summed E-state index contributed by atoms with van der Waals surface area (Å²) in [6.07, 6.45) is 1.03. The summed E-state index contributed by atoms with van der Waals surface area (Å²) in [7, 11) is -3.64. The lowest BCUT2D eigenvalue weighted by Crippen LogP contribution is -2.24. The number of sulfone groups is 1. The smallest absolute Gasteiger partial charge is 0.280 e. The Hall–Kier alpha value is -3.16. The van der Waals surface area contributed by atoms with E-state index in [1.807, 2.05) is 0 Å². The molecular formula is C17H17ClN6O5S2. The molecule has 0 saturated heterocycles. The van der Waals surface area contributed by atoms with Crippen LogP contribution >= 0.6 is 24.2 Å². The zero-order valence-electron chi connectivity index (χ0n) is 15.9. The van der Waals surface area contributed by atoms with Crippen molar-refractivity contribution >= 4 is 62.6 Å². The number of benzene rings is 2. The highest BCUT2D eigenvalue weighted by molar-refractivity contribution is 7.98.